The highest BCUT2D eigenvalue weighted by atomic mass is 19.1. The topological polar surface area (TPSA) is 58.2 Å². The van der Waals surface area contributed by atoms with Crippen molar-refractivity contribution in [2.45, 2.75) is 0 Å². The molecule has 0 radical (unpaired) electrons. The average Bonchev–Trinajstić information content (AvgIpc) is 2.63. The molecule has 0 aliphatic heterocycles. The van der Waals surface area contributed by atoms with Crippen molar-refractivity contribution in [3.05, 3.63) is 95.8 Å². The van der Waals surface area contributed by atoms with Gasteiger partial charge in [-0.3, -0.25) is 9.59 Å². The number of nitrogens with one attached hydrogen (secondary N) is 2. The van der Waals surface area contributed by atoms with Crippen LogP contribution in [0.1, 0.15) is 20.7 Å². The molecule has 0 fully saturated rings. The SMILES string of the molecule is O=C(Nc1ccccc1)c1cccc(C(=O)Nc2ccccc2)c1F. The second kappa shape index (κ2) is 7.40. The molecule has 0 atom stereocenters. The second-order valence-electron chi connectivity index (χ2n) is 5.31. The third kappa shape index (κ3) is 3.90. The number of rotatable bonds is 4. The molecule has 0 aromatic heterocycles. The molecule has 0 unspecified atom stereocenters. The number of amides is 2. The molecule has 2 amide bonds. The molecule has 0 saturated carbocycles. The van der Waals surface area contributed by atoms with Crippen molar-refractivity contribution in [1.82, 2.24) is 0 Å². The number of carbonyl (C=O) groups is 2. The van der Waals surface area contributed by atoms with E-state index >= 15 is 0 Å². The molecule has 3 rings (SSSR count). The van der Waals surface area contributed by atoms with Crippen LogP contribution in [0.2, 0.25) is 0 Å². The van der Waals surface area contributed by atoms with Crippen LogP contribution in [0.5, 0.6) is 0 Å². The van der Waals surface area contributed by atoms with Gasteiger partial charge in [-0.15, -0.1) is 0 Å². The van der Waals surface area contributed by atoms with Crippen molar-refractivity contribution in [2.75, 3.05) is 10.6 Å². The van der Waals surface area contributed by atoms with Crippen LogP contribution in [0.4, 0.5) is 15.8 Å². The van der Waals surface area contributed by atoms with Crippen molar-refractivity contribution < 1.29 is 14.0 Å². The van der Waals surface area contributed by atoms with E-state index in [-0.39, 0.29) is 11.1 Å². The molecule has 5 heteroatoms. The van der Waals surface area contributed by atoms with Crippen LogP contribution in [0.25, 0.3) is 0 Å². The Morgan fingerprint density at radius 2 is 1.00 bits per heavy atom. The molecule has 0 aliphatic carbocycles. The number of benzene rings is 3. The van der Waals surface area contributed by atoms with Crippen molar-refractivity contribution >= 4 is 23.2 Å². The quantitative estimate of drug-likeness (QED) is 0.746. The van der Waals surface area contributed by atoms with Gasteiger partial charge < -0.3 is 10.6 Å². The molecule has 0 heterocycles. The minimum atomic E-state index is -0.857. The smallest absolute Gasteiger partial charge is 0.258 e. The normalized spacial score (nSPS) is 10.1. The monoisotopic (exact) mass is 334 g/mol. The van der Waals surface area contributed by atoms with Gasteiger partial charge >= 0.3 is 0 Å². The Balaban J connectivity index is 1.82. The minimum Gasteiger partial charge on any atom is -0.322 e. The van der Waals surface area contributed by atoms with Crippen LogP contribution >= 0.6 is 0 Å². The Morgan fingerprint density at radius 1 is 0.600 bits per heavy atom. The lowest BCUT2D eigenvalue weighted by molar-refractivity contribution is 0.102. The van der Waals surface area contributed by atoms with Crippen LogP contribution in [-0.4, -0.2) is 11.8 Å². The number of para-hydroxylation sites is 2. The Kier molecular flexibility index (Phi) is 4.85. The van der Waals surface area contributed by atoms with Crippen molar-refractivity contribution in [3.8, 4) is 0 Å². The Bertz CT molecular complexity index is 824. The first kappa shape index (κ1) is 16.4. The van der Waals surface area contributed by atoms with Gasteiger partial charge in [0.15, 0.2) is 0 Å². The Morgan fingerprint density at radius 3 is 1.40 bits per heavy atom. The zero-order valence-corrected chi connectivity index (χ0v) is 13.2. The van der Waals surface area contributed by atoms with E-state index in [0.29, 0.717) is 11.4 Å². The van der Waals surface area contributed by atoms with E-state index in [4.69, 9.17) is 0 Å². The molecule has 0 spiro atoms. The van der Waals surface area contributed by atoms with E-state index < -0.39 is 17.6 Å². The van der Waals surface area contributed by atoms with Crippen LogP contribution in [0.3, 0.4) is 0 Å². The van der Waals surface area contributed by atoms with E-state index in [9.17, 15) is 14.0 Å². The summed E-state index contributed by atoms with van der Waals surface area (Å²) in [6.07, 6.45) is 0. The van der Waals surface area contributed by atoms with Crippen LogP contribution < -0.4 is 10.6 Å². The number of carbonyl (C=O) groups excluding carboxylic acids is 2. The molecular formula is C20H15FN2O2. The maximum atomic E-state index is 14.7. The van der Waals surface area contributed by atoms with Crippen molar-refractivity contribution in [1.29, 1.82) is 0 Å². The Labute approximate surface area is 144 Å². The van der Waals surface area contributed by atoms with Gasteiger partial charge in [0.1, 0.15) is 5.82 Å². The van der Waals surface area contributed by atoms with E-state index in [2.05, 4.69) is 10.6 Å². The lowest BCUT2D eigenvalue weighted by Gasteiger charge is -2.10. The fourth-order valence-corrected chi connectivity index (χ4v) is 2.32. The van der Waals surface area contributed by atoms with Gasteiger partial charge in [0.2, 0.25) is 0 Å². The maximum absolute atomic E-state index is 14.7. The molecule has 3 aromatic rings. The number of halogens is 1. The maximum Gasteiger partial charge on any atom is 0.258 e. The summed E-state index contributed by atoms with van der Waals surface area (Å²) in [5.41, 5.74) is 0.714. The second-order valence-corrected chi connectivity index (χ2v) is 5.31. The van der Waals surface area contributed by atoms with E-state index in [1.807, 2.05) is 12.1 Å². The van der Waals surface area contributed by atoms with Crippen LogP contribution in [-0.2, 0) is 0 Å². The fourth-order valence-electron chi connectivity index (χ4n) is 2.32. The van der Waals surface area contributed by atoms with Gasteiger partial charge in [-0.05, 0) is 36.4 Å². The molecule has 2 N–H and O–H groups in total. The first-order valence-corrected chi connectivity index (χ1v) is 7.66. The van der Waals surface area contributed by atoms with Gasteiger partial charge in [-0.25, -0.2) is 4.39 Å². The largest absolute Gasteiger partial charge is 0.322 e. The summed E-state index contributed by atoms with van der Waals surface area (Å²) in [6.45, 7) is 0. The fraction of sp³-hybridized carbons (Fsp3) is 0. The summed E-state index contributed by atoms with van der Waals surface area (Å²) in [6, 6.07) is 21.6. The lowest BCUT2D eigenvalue weighted by atomic mass is 10.1. The summed E-state index contributed by atoms with van der Waals surface area (Å²) in [4.78, 5) is 24.6. The molecule has 3 aromatic carbocycles. The first-order valence-electron chi connectivity index (χ1n) is 7.66. The van der Waals surface area contributed by atoms with Gasteiger partial charge in [-0.1, -0.05) is 42.5 Å². The molecule has 124 valence electrons. The highest BCUT2D eigenvalue weighted by Gasteiger charge is 2.19. The Hall–Kier alpha value is -3.47. The molecule has 0 aliphatic rings. The van der Waals surface area contributed by atoms with Gasteiger partial charge in [0, 0.05) is 11.4 Å². The minimum absolute atomic E-state index is 0.190. The van der Waals surface area contributed by atoms with Crippen molar-refractivity contribution in [3.63, 3.8) is 0 Å². The van der Waals surface area contributed by atoms with Gasteiger partial charge in [0.25, 0.3) is 11.8 Å². The van der Waals surface area contributed by atoms with Gasteiger partial charge in [-0.2, -0.15) is 0 Å². The highest BCUT2D eigenvalue weighted by Crippen LogP contribution is 2.17. The molecule has 25 heavy (non-hydrogen) atoms. The number of anilines is 2. The number of hydrogen-bond acceptors (Lipinski definition) is 2. The summed E-state index contributed by atoms with van der Waals surface area (Å²) >= 11 is 0. The average molecular weight is 334 g/mol. The van der Waals surface area contributed by atoms with Crippen LogP contribution in [0.15, 0.2) is 78.9 Å². The van der Waals surface area contributed by atoms with E-state index in [1.165, 1.54) is 18.2 Å². The van der Waals surface area contributed by atoms with E-state index in [1.54, 1.807) is 48.5 Å². The summed E-state index contributed by atoms with van der Waals surface area (Å²) < 4.78 is 14.7. The van der Waals surface area contributed by atoms with E-state index in [0.717, 1.165) is 0 Å². The number of hydrogen-bond donors (Lipinski definition) is 2. The van der Waals surface area contributed by atoms with Crippen molar-refractivity contribution in [2.24, 2.45) is 0 Å². The third-order valence-electron chi connectivity index (χ3n) is 3.55. The van der Waals surface area contributed by atoms with Gasteiger partial charge in [0.05, 0.1) is 11.1 Å². The summed E-state index contributed by atoms with van der Waals surface area (Å²) in [7, 11) is 0. The molecule has 4 nitrogen and oxygen atoms in total. The third-order valence-corrected chi connectivity index (χ3v) is 3.55. The lowest BCUT2D eigenvalue weighted by Crippen LogP contribution is -2.18. The molecule has 0 bridgehead atoms. The predicted octanol–water partition coefficient (Wildman–Crippen LogP) is 4.33. The molecule has 0 saturated heterocycles. The standard InChI is InChI=1S/C20H15FN2O2/c21-18-16(19(24)22-14-8-3-1-4-9-14)12-7-13-17(18)20(25)23-15-10-5-2-6-11-15/h1-13H,(H,22,24)(H,23,25). The first-order chi connectivity index (χ1) is 12.1. The van der Waals surface area contributed by atoms with Crippen LogP contribution in [0, 0.1) is 5.82 Å². The molecular weight excluding hydrogens is 319 g/mol. The summed E-state index contributed by atoms with van der Waals surface area (Å²) in [5, 5.41) is 5.21. The zero-order chi connectivity index (χ0) is 17.6. The zero-order valence-electron chi connectivity index (χ0n) is 13.2. The highest BCUT2D eigenvalue weighted by molar-refractivity contribution is 6.09. The summed E-state index contributed by atoms with van der Waals surface area (Å²) in [5.74, 6) is -2.08. The predicted molar refractivity (Wildman–Crippen MR) is 95.2 cm³/mol.